The third-order valence-electron chi connectivity index (χ3n) is 11.8. The predicted octanol–water partition coefficient (Wildman–Crippen LogP) is 5.27. The molecule has 13 heteroatoms. The van der Waals surface area contributed by atoms with Crippen molar-refractivity contribution in [2.24, 2.45) is 0 Å². The van der Waals surface area contributed by atoms with Crippen LogP contribution in [0.15, 0.2) is 60.8 Å². The summed E-state index contributed by atoms with van der Waals surface area (Å²) in [6.07, 6.45) is 10.0. The molecule has 0 spiro atoms. The van der Waals surface area contributed by atoms with Crippen LogP contribution in [0.4, 0.5) is 27.8 Å². The highest BCUT2D eigenvalue weighted by atomic mass is 16.2. The number of anilines is 4. The van der Waals surface area contributed by atoms with Gasteiger partial charge in [-0.25, -0.2) is 9.78 Å². The first-order valence-electron chi connectivity index (χ1n) is 19.7. The number of nitrogens with zero attached hydrogens (tertiary/aromatic N) is 8. The zero-order valence-corrected chi connectivity index (χ0v) is 31.5. The van der Waals surface area contributed by atoms with E-state index in [-0.39, 0.29) is 23.9 Å². The molecule has 54 heavy (non-hydrogen) atoms. The van der Waals surface area contributed by atoms with Gasteiger partial charge in [0.25, 0.3) is 5.91 Å². The number of aromatic nitrogens is 3. The molecule has 5 heterocycles. The van der Waals surface area contributed by atoms with E-state index in [4.69, 9.17) is 4.98 Å². The minimum absolute atomic E-state index is 0.00336. The number of carbonyl (C=O) groups is 3. The van der Waals surface area contributed by atoms with Crippen LogP contribution in [-0.4, -0.2) is 120 Å². The Bertz CT molecular complexity index is 1960. The number of fused-ring (bicyclic) bond motifs is 1. The third-order valence-corrected chi connectivity index (χ3v) is 11.8. The number of carbonyl (C=O) groups excluding carboxylic acids is 3. The summed E-state index contributed by atoms with van der Waals surface area (Å²) < 4.78 is 2.15. The van der Waals surface area contributed by atoms with Crippen molar-refractivity contribution in [1.82, 2.24) is 34.6 Å². The summed E-state index contributed by atoms with van der Waals surface area (Å²) >= 11 is 0. The van der Waals surface area contributed by atoms with Crippen LogP contribution in [0.3, 0.4) is 0 Å². The van der Waals surface area contributed by atoms with Crippen LogP contribution in [-0.2, 0) is 11.2 Å². The number of piperidine rings is 1. The van der Waals surface area contributed by atoms with Gasteiger partial charge in [0, 0.05) is 101 Å². The van der Waals surface area contributed by atoms with E-state index >= 15 is 0 Å². The number of rotatable bonds is 10. The van der Waals surface area contributed by atoms with Crippen LogP contribution in [0, 0.1) is 0 Å². The largest absolute Gasteiger partial charge is 0.369 e. The average Bonchev–Trinajstić information content (AvgIpc) is 3.86. The molecule has 2 aromatic heterocycles. The lowest BCUT2D eigenvalue weighted by Crippen LogP contribution is -2.53. The molecule has 2 N–H and O–H groups in total. The average molecular weight is 733 g/mol. The first kappa shape index (κ1) is 36.0. The molecule has 2 aromatic carbocycles. The number of hydrogen-bond acceptors (Lipinski definition) is 9. The molecule has 8 rings (SSSR count). The molecular weight excluding hydrogens is 681 g/mol. The lowest BCUT2D eigenvalue weighted by atomic mass is 10.0. The topological polar surface area (TPSA) is 122 Å². The number of urea groups is 1. The molecule has 4 aliphatic rings. The first-order chi connectivity index (χ1) is 26.3. The van der Waals surface area contributed by atoms with Crippen molar-refractivity contribution >= 4 is 51.9 Å². The number of likely N-dealkylation sites (tertiary alicyclic amines) is 1. The van der Waals surface area contributed by atoms with Gasteiger partial charge in [0.1, 0.15) is 11.3 Å². The van der Waals surface area contributed by atoms with Crippen LogP contribution in [0.25, 0.3) is 11.0 Å². The fourth-order valence-corrected chi connectivity index (χ4v) is 8.67. The SMILES string of the molecule is CN(C)C(=O)c1cc2cnc(Nc3ccc(N4CCN(C5CCN(CCc6ccc(N7CCC(=O)NC7=O)cc6)CC5)CC4)cc3)nc2n1C1CCCC1. The van der Waals surface area contributed by atoms with Gasteiger partial charge in [-0.1, -0.05) is 25.0 Å². The summed E-state index contributed by atoms with van der Waals surface area (Å²) in [5, 5.41) is 6.69. The predicted molar refractivity (Wildman–Crippen MR) is 212 cm³/mol. The van der Waals surface area contributed by atoms with Crippen molar-refractivity contribution in [2.45, 2.75) is 63.5 Å². The standard InChI is InChI=1S/C41H52N10O3/c1-46(2)39(53)36-27-30-28-42-40(45-38(30)51(36)35-5-3-4-6-35)43-31-9-13-32(14-10-31)48-23-25-49(26-24-48)33-16-20-47(21-17-33)19-15-29-7-11-34(12-8-29)50-22-18-37(52)44-41(50)54/h7-14,27-28,33,35H,3-6,15-26H2,1-2H3,(H,42,43,45)(H,44,52,54). The zero-order chi connectivity index (χ0) is 37.2. The van der Waals surface area contributed by atoms with Gasteiger partial charge < -0.3 is 24.6 Å². The zero-order valence-electron chi connectivity index (χ0n) is 31.5. The van der Waals surface area contributed by atoms with Gasteiger partial charge in [-0.05, 0) is 93.2 Å². The highest BCUT2D eigenvalue weighted by Crippen LogP contribution is 2.35. The fourth-order valence-electron chi connectivity index (χ4n) is 8.67. The summed E-state index contributed by atoms with van der Waals surface area (Å²) in [6.45, 7) is 7.90. The van der Waals surface area contributed by atoms with Crippen molar-refractivity contribution < 1.29 is 14.4 Å². The van der Waals surface area contributed by atoms with E-state index in [1.54, 1.807) is 23.9 Å². The Balaban J connectivity index is 0.799. The van der Waals surface area contributed by atoms with E-state index in [0.29, 0.717) is 30.6 Å². The normalized spacial score (nSPS) is 19.4. The molecule has 0 radical (unpaired) electrons. The monoisotopic (exact) mass is 732 g/mol. The van der Waals surface area contributed by atoms with E-state index in [2.05, 4.69) is 71.3 Å². The molecule has 0 bridgehead atoms. The molecule has 4 amide bonds. The van der Waals surface area contributed by atoms with Gasteiger partial charge in [-0.15, -0.1) is 0 Å². The molecule has 4 aromatic rings. The smallest absolute Gasteiger partial charge is 0.328 e. The van der Waals surface area contributed by atoms with E-state index in [9.17, 15) is 14.4 Å². The number of hydrogen-bond donors (Lipinski definition) is 2. The van der Waals surface area contributed by atoms with Gasteiger partial charge in [0.05, 0.1) is 0 Å². The Hall–Kier alpha value is -5.01. The Morgan fingerprint density at radius 2 is 1.56 bits per heavy atom. The molecule has 1 saturated carbocycles. The van der Waals surface area contributed by atoms with Gasteiger partial charge in [-0.2, -0.15) is 4.98 Å². The quantitative estimate of drug-likeness (QED) is 0.225. The van der Waals surface area contributed by atoms with Gasteiger partial charge in [-0.3, -0.25) is 24.7 Å². The lowest BCUT2D eigenvalue weighted by molar-refractivity contribution is -0.120. The van der Waals surface area contributed by atoms with Crippen LogP contribution in [0.2, 0.25) is 0 Å². The van der Waals surface area contributed by atoms with Crippen molar-refractivity contribution in [1.29, 1.82) is 0 Å². The maximum absolute atomic E-state index is 13.1. The minimum atomic E-state index is -0.340. The maximum Gasteiger partial charge on any atom is 0.328 e. The van der Waals surface area contributed by atoms with Crippen LogP contribution >= 0.6 is 0 Å². The molecule has 1 aliphatic carbocycles. The Morgan fingerprint density at radius 1 is 0.852 bits per heavy atom. The van der Waals surface area contributed by atoms with Gasteiger partial charge in [0.2, 0.25) is 11.9 Å². The third kappa shape index (κ3) is 7.78. The summed E-state index contributed by atoms with van der Waals surface area (Å²) in [5.74, 6) is 0.323. The number of imide groups is 1. The Labute approximate surface area is 317 Å². The summed E-state index contributed by atoms with van der Waals surface area (Å²) in [4.78, 5) is 57.3. The fraction of sp³-hybridized carbons (Fsp3) is 0.488. The van der Waals surface area contributed by atoms with Crippen molar-refractivity contribution in [2.75, 3.05) is 81.6 Å². The Kier molecular flexibility index (Phi) is 10.5. The second kappa shape index (κ2) is 15.8. The number of amides is 4. The number of piperazine rings is 1. The molecule has 13 nitrogen and oxygen atoms in total. The minimum Gasteiger partial charge on any atom is -0.369 e. The van der Waals surface area contributed by atoms with E-state index < -0.39 is 0 Å². The number of nitrogens with one attached hydrogen (secondary N) is 2. The molecule has 284 valence electrons. The van der Waals surface area contributed by atoms with Gasteiger partial charge in [0.15, 0.2) is 0 Å². The maximum atomic E-state index is 13.1. The van der Waals surface area contributed by atoms with Crippen molar-refractivity contribution in [3.05, 3.63) is 72.1 Å². The molecular formula is C41H52N10O3. The Morgan fingerprint density at radius 3 is 2.24 bits per heavy atom. The van der Waals surface area contributed by atoms with Crippen LogP contribution in [0.1, 0.15) is 67.0 Å². The highest BCUT2D eigenvalue weighted by Gasteiger charge is 2.29. The molecule has 0 atom stereocenters. The first-order valence-corrected chi connectivity index (χ1v) is 19.7. The van der Waals surface area contributed by atoms with E-state index in [0.717, 1.165) is 87.5 Å². The van der Waals surface area contributed by atoms with Crippen molar-refractivity contribution in [3.63, 3.8) is 0 Å². The second-order valence-corrected chi connectivity index (χ2v) is 15.4. The van der Waals surface area contributed by atoms with E-state index in [1.807, 2.05) is 24.4 Å². The highest BCUT2D eigenvalue weighted by molar-refractivity contribution is 6.05. The molecule has 3 saturated heterocycles. The summed E-state index contributed by atoms with van der Waals surface area (Å²) in [5.41, 5.74) is 5.77. The molecule has 3 aliphatic heterocycles. The summed E-state index contributed by atoms with van der Waals surface area (Å²) in [7, 11) is 3.59. The lowest BCUT2D eigenvalue weighted by Gasteiger charge is -2.43. The number of benzene rings is 2. The van der Waals surface area contributed by atoms with Gasteiger partial charge >= 0.3 is 6.03 Å². The van der Waals surface area contributed by atoms with Crippen molar-refractivity contribution in [3.8, 4) is 0 Å². The van der Waals surface area contributed by atoms with Crippen LogP contribution < -0.4 is 20.4 Å². The molecule has 0 unspecified atom stereocenters. The van der Waals surface area contributed by atoms with E-state index in [1.165, 1.54) is 36.9 Å². The molecule has 4 fully saturated rings. The summed E-state index contributed by atoms with van der Waals surface area (Å²) in [6, 6.07) is 19.3. The van der Waals surface area contributed by atoms with Crippen LogP contribution in [0.5, 0.6) is 0 Å². The second-order valence-electron chi connectivity index (χ2n) is 15.4.